The number of anilines is 1. The Morgan fingerprint density at radius 1 is 1.00 bits per heavy atom. The van der Waals surface area contributed by atoms with Gasteiger partial charge in [-0.1, -0.05) is 48.5 Å². The van der Waals surface area contributed by atoms with Gasteiger partial charge in [-0.05, 0) is 36.6 Å². The van der Waals surface area contributed by atoms with Crippen molar-refractivity contribution in [3.63, 3.8) is 0 Å². The summed E-state index contributed by atoms with van der Waals surface area (Å²) >= 11 is 0. The molecule has 10 heteroatoms. The number of amides is 2. The number of hydrogen-bond acceptors (Lipinski definition) is 6. The van der Waals surface area contributed by atoms with Gasteiger partial charge in [0, 0.05) is 30.3 Å². The number of aromatic nitrogens is 1. The number of nitrogens with zero attached hydrogens (tertiary/aromatic N) is 1. The molecule has 3 aromatic rings. The van der Waals surface area contributed by atoms with Gasteiger partial charge in [0.2, 0.25) is 11.8 Å². The number of aliphatic carboxylic acids is 1. The number of phenolic OH excluding ortho intramolecular Hbond substituents is 1. The first-order chi connectivity index (χ1) is 17.3. The summed E-state index contributed by atoms with van der Waals surface area (Å²) in [6.45, 7) is 2.21. The maximum absolute atomic E-state index is 12.5. The van der Waals surface area contributed by atoms with Crippen LogP contribution in [0.5, 0.6) is 5.75 Å². The molecule has 1 heterocycles. The molecular weight excluding hydrogens is 483 g/mol. The van der Waals surface area contributed by atoms with E-state index in [2.05, 4.69) is 20.9 Å². The summed E-state index contributed by atoms with van der Waals surface area (Å²) in [6, 6.07) is 17.0. The zero-order valence-electron chi connectivity index (χ0n) is 20.0. The fourth-order valence-corrected chi connectivity index (χ4v) is 3.72. The molecule has 0 bridgehead atoms. The number of carboxylic acid groups (broad SMARTS) is 1. The van der Waals surface area contributed by atoms with Crippen molar-refractivity contribution in [3.8, 4) is 16.9 Å². The van der Waals surface area contributed by atoms with Crippen LogP contribution in [0.1, 0.15) is 36.4 Å². The van der Waals surface area contributed by atoms with Crippen LogP contribution in [-0.4, -0.2) is 75.6 Å². The first-order valence-corrected chi connectivity index (χ1v) is 11.6. The molecule has 5 N–H and O–H groups in total. The summed E-state index contributed by atoms with van der Waals surface area (Å²) in [5, 5.41) is 28.5. The van der Waals surface area contributed by atoms with Gasteiger partial charge in [-0.25, -0.2) is 4.98 Å². The Morgan fingerprint density at radius 3 is 2.46 bits per heavy atom. The third kappa shape index (κ3) is 9.53. The van der Waals surface area contributed by atoms with Gasteiger partial charge in [-0.2, -0.15) is 0 Å². The molecule has 0 saturated carbocycles. The molecule has 37 heavy (non-hydrogen) atoms. The zero-order valence-corrected chi connectivity index (χ0v) is 20.0. The fourth-order valence-electron chi connectivity index (χ4n) is 3.72. The van der Waals surface area contributed by atoms with Gasteiger partial charge in [0.25, 0.3) is 0 Å². The van der Waals surface area contributed by atoms with Crippen molar-refractivity contribution >= 4 is 53.2 Å². The molecule has 190 valence electrons. The number of hydrogen-bond donors (Lipinski definition) is 5. The summed E-state index contributed by atoms with van der Waals surface area (Å²) in [5.74, 6) is -1.35. The van der Waals surface area contributed by atoms with Crippen LogP contribution >= 0.6 is 0 Å². The predicted octanol–water partition coefficient (Wildman–Crippen LogP) is 2.75. The van der Waals surface area contributed by atoms with E-state index in [1.807, 2.05) is 49.4 Å². The van der Waals surface area contributed by atoms with Gasteiger partial charge in [-0.15, -0.1) is 0 Å². The van der Waals surface area contributed by atoms with Crippen molar-refractivity contribution in [2.75, 3.05) is 18.4 Å². The first kappa shape index (κ1) is 29.8. The predicted molar refractivity (Wildman–Crippen MR) is 144 cm³/mol. The number of pyridine rings is 1. The van der Waals surface area contributed by atoms with Gasteiger partial charge < -0.3 is 26.2 Å². The molecule has 0 aliphatic carbocycles. The second kappa shape index (κ2) is 15.0. The van der Waals surface area contributed by atoms with Crippen molar-refractivity contribution in [2.45, 2.75) is 32.2 Å². The molecule has 3 rings (SSSR count). The number of rotatable bonds is 12. The number of benzene rings is 2. The number of carbonyl (C=O) groups is 3. The van der Waals surface area contributed by atoms with Crippen LogP contribution in [0.4, 0.5) is 5.82 Å². The normalized spacial score (nSPS) is 11.1. The molecule has 0 aliphatic heterocycles. The minimum absolute atomic E-state index is 0. The molecule has 0 saturated heterocycles. The van der Waals surface area contributed by atoms with Gasteiger partial charge in [0.15, 0.2) is 0 Å². The third-order valence-corrected chi connectivity index (χ3v) is 5.49. The third-order valence-electron chi connectivity index (χ3n) is 5.49. The summed E-state index contributed by atoms with van der Waals surface area (Å²) in [7, 11) is 0. The van der Waals surface area contributed by atoms with Crippen LogP contribution in [-0.2, 0) is 14.4 Å². The zero-order chi connectivity index (χ0) is 25.9. The molecule has 9 nitrogen and oxygen atoms in total. The molecule has 1 atom stereocenters. The second-order valence-corrected chi connectivity index (χ2v) is 8.35. The quantitative estimate of drug-likeness (QED) is 0.185. The number of nitrogens with one attached hydrogen (secondary N) is 3. The molecule has 2 aromatic carbocycles. The van der Waals surface area contributed by atoms with Crippen LogP contribution in [0, 0.1) is 6.92 Å². The minimum atomic E-state index is -1.13. The molecule has 0 spiro atoms. The Balaban J connectivity index is 0.00000481. The molecule has 0 radical (unpaired) electrons. The number of phenols is 1. The van der Waals surface area contributed by atoms with E-state index in [-0.39, 0.29) is 59.7 Å². The number of carbonyl (C=O) groups excluding carboxylic acids is 2. The van der Waals surface area contributed by atoms with E-state index in [0.717, 1.165) is 16.9 Å². The maximum atomic E-state index is 12.5. The van der Waals surface area contributed by atoms with Crippen molar-refractivity contribution in [1.82, 2.24) is 15.6 Å². The van der Waals surface area contributed by atoms with E-state index in [4.69, 9.17) is 0 Å². The van der Waals surface area contributed by atoms with E-state index < -0.39 is 24.3 Å². The second-order valence-electron chi connectivity index (χ2n) is 8.35. The standard InChI is InChI=1S/C27H30N4O5.Na.H/c1-18-12-14-29-23(15-18)28-13-6-11-24(32)30-17-25(33)31-22(16-26(34)35)21-10-5-9-20(27(21)36)19-7-3-2-4-8-19;;/h2-5,7-10,12,14-15,22,36H,6,11,13,16-17H2,1H3,(H,28,29)(H,30,32)(H,31,33)(H,34,35);;. The Hall–Kier alpha value is -3.40. The Bertz CT molecular complexity index is 1210. The summed E-state index contributed by atoms with van der Waals surface area (Å²) < 4.78 is 0. The average Bonchev–Trinajstić information content (AvgIpc) is 2.85. The summed E-state index contributed by atoms with van der Waals surface area (Å²) in [4.78, 5) is 40.3. The van der Waals surface area contributed by atoms with E-state index in [1.54, 1.807) is 24.4 Å². The summed E-state index contributed by atoms with van der Waals surface area (Å²) in [5.41, 5.74) is 2.66. The van der Waals surface area contributed by atoms with Gasteiger partial charge >= 0.3 is 35.5 Å². The van der Waals surface area contributed by atoms with E-state index in [1.165, 1.54) is 0 Å². The van der Waals surface area contributed by atoms with Crippen molar-refractivity contribution in [2.24, 2.45) is 0 Å². The van der Waals surface area contributed by atoms with E-state index in [9.17, 15) is 24.6 Å². The monoisotopic (exact) mass is 514 g/mol. The van der Waals surface area contributed by atoms with Crippen LogP contribution in [0.3, 0.4) is 0 Å². The SMILES string of the molecule is Cc1ccnc(NCCCC(=O)NCC(=O)NC(CC(=O)O)c2cccc(-c3ccccc3)c2O)c1.[NaH]. The number of para-hydroxylation sites is 1. The van der Waals surface area contributed by atoms with Gasteiger partial charge in [0.1, 0.15) is 11.6 Å². The van der Waals surface area contributed by atoms with Crippen molar-refractivity contribution < 1.29 is 24.6 Å². The van der Waals surface area contributed by atoms with Crippen LogP contribution in [0.2, 0.25) is 0 Å². The molecule has 0 aliphatic rings. The van der Waals surface area contributed by atoms with Crippen LogP contribution in [0.25, 0.3) is 11.1 Å². The van der Waals surface area contributed by atoms with Crippen LogP contribution in [0.15, 0.2) is 66.9 Å². The number of aryl methyl sites for hydroxylation is 1. The van der Waals surface area contributed by atoms with E-state index in [0.29, 0.717) is 18.5 Å². The van der Waals surface area contributed by atoms with Gasteiger partial charge in [0.05, 0.1) is 19.0 Å². The van der Waals surface area contributed by atoms with Crippen molar-refractivity contribution in [1.29, 1.82) is 0 Å². The number of aromatic hydroxyl groups is 1. The summed E-state index contributed by atoms with van der Waals surface area (Å²) in [6.07, 6.45) is 2.04. The van der Waals surface area contributed by atoms with Gasteiger partial charge in [-0.3, -0.25) is 14.4 Å². The molecule has 1 unspecified atom stereocenters. The average molecular weight is 515 g/mol. The Kier molecular flexibility index (Phi) is 12.1. The number of carboxylic acids is 1. The molecule has 1 aromatic heterocycles. The molecular formula is C27H31N4NaO5. The topological polar surface area (TPSA) is 141 Å². The van der Waals surface area contributed by atoms with E-state index >= 15 is 0 Å². The molecule has 2 amide bonds. The molecule has 0 fully saturated rings. The Labute approximate surface area is 238 Å². The van der Waals surface area contributed by atoms with Crippen LogP contribution < -0.4 is 16.0 Å². The fraction of sp³-hybridized carbons (Fsp3) is 0.259. The first-order valence-electron chi connectivity index (χ1n) is 11.6. The Morgan fingerprint density at radius 2 is 1.76 bits per heavy atom. The van der Waals surface area contributed by atoms with Crippen molar-refractivity contribution in [3.05, 3.63) is 78.0 Å².